The number of hydrogen-bond donors (Lipinski definition) is 3. The van der Waals surface area contributed by atoms with Crippen molar-refractivity contribution < 1.29 is 27.5 Å². The molecule has 182 valence electrons. The van der Waals surface area contributed by atoms with Crippen LogP contribution in [-0.4, -0.2) is 32.8 Å². The van der Waals surface area contributed by atoms with Crippen LogP contribution in [0.5, 0.6) is 0 Å². The smallest absolute Gasteiger partial charge is 0.338 e. The average Bonchev–Trinajstić information content (AvgIpc) is 2.78. The van der Waals surface area contributed by atoms with E-state index in [1.54, 1.807) is 49.4 Å². The lowest BCUT2D eigenvalue weighted by molar-refractivity contribution is -0.119. The van der Waals surface area contributed by atoms with Gasteiger partial charge in [-0.3, -0.25) is 14.3 Å². The van der Waals surface area contributed by atoms with E-state index >= 15 is 0 Å². The van der Waals surface area contributed by atoms with Gasteiger partial charge >= 0.3 is 5.97 Å². The van der Waals surface area contributed by atoms with Crippen molar-refractivity contribution in [3.8, 4) is 0 Å². The lowest BCUT2D eigenvalue weighted by Gasteiger charge is -2.12. The Morgan fingerprint density at radius 2 is 1.49 bits per heavy atom. The Balaban J connectivity index is 1.64. The van der Waals surface area contributed by atoms with E-state index in [0.717, 1.165) is 5.56 Å². The first-order valence-corrected chi connectivity index (χ1v) is 12.1. The first-order chi connectivity index (χ1) is 16.5. The topological polar surface area (TPSA) is 131 Å². The molecule has 0 heterocycles. The lowest BCUT2D eigenvalue weighted by Crippen LogP contribution is -2.21. The van der Waals surface area contributed by atoms with Gasteiger partial charge in [-0.1, -0.05) is 18.2 Å². The third-order valence-electron chi connectivity index (χ3n) is 4.81. The molecule has 2 amide bonds. The van der Waals surface area contributed by atoms with E-state index in [0.29, 0.717) is 22.6 Å². The number of benzene rings is 3. The van der Waals surface area contributed by atoms with Gasteiger partial charge in [0.05, 0.1) is 10.5 Å². The molecule has 0 saturated heterocycles. The number of anilines is 3. The number of carbonyl (C=O) groups excluding carboxylic acids is 3. The highest BCUT2D eigenvalue weighted by Gasteiger charge is 2.20. The highest BCUT2D eigenvalue weighted by molar-refractivity contribution is 7.92. The number of carbonyl (C=O) groups is 3. The third-order valence-corrected chi connectivity index (χ3v) is 6.33. The van der Waals surface area contributed by atoms with Crippen LogP contribution in [0, 0.1) is 13.8 Å². The summed E-state index contributed by atoms with van der Waals surface area (Å²) in [6, 6.07) is 17.4. The zero-order valence-corrected chi connectivity index (χ0v) is 20.2. The van der Waals surface area contributed by atoms with Gasteiger partial charge in [-0.2, -0.15) is 0 Å². The number of nitrogens with one attached hydrogen (secondary N) is 3. The average molecular weight is 496 g/mol. The van der Waals surface area contributed by atoms with E-state index in [1.165, 1.54) is 25.1 Å². The van der Waals surface area contributed by atoms with E-state index in [2.05, 4.69) is 15.4 Å². The largest absolute Gasteiger partial charge is 0.452 e. The molecule has 0 unspecified atom stereocenters. The fourth-order valence-electron chi connectivity index (χ4n) is 3.19. The van der Waals surface area contributed by atoms with Crippen molar-refractivity contribution in [2.75, 3.05) is 22.0 Å². The summed E-state index contributed by atoms with van der Waals surface area (Å²) in [7, 11) is -3.96. The van der Waals surface area contributed by atoms with Crippen molar-refractivity contribution in [3.63, 3.8) is 0 Å². The van der Waals surface area contributed by atoms with E-state index in [4.69, 9.17) is 4.74 Å². The molecule has 0 spiro atoms. The Morgan fingerprint density at radius 3 is 2.11 bits per heavy atom. The number of aryl methyl sites for hydroxylation is 2. The van der Waals surface area contributed by atoms with Crippen molar-refractivity contribution in [3.05, 3.63) is 83.4 Å². The van der Waals surface area contributed by atoms with Gasteiger partial charge in [0.25, 0.3) is 15.9 Å². The van der Waals surface area contributed by atoms with Crippen molar-refractivity contribution in [2.45, 2.75) is 25.7 Å². The molecule has 10 heteroatoms. The monoisotopic (exact) mass is 495 g/mol. The Hall–Kier alpha value is -4.18. The van der Waals surface area contributed by atoms with Crippen molar-refractivity contribution in [1.82, 2.24) is 0 Å². The zero-order valence-electron chi connectivity index (χ0n) is 19.4. The van der Waals surface area contributed by atoms with Crippen LogP contribution in [0.3, 0.4) is 0 Å². The molecule has 3 rings (SSSR count). The van der Waals surface area contributed by atoms with Crippen LogP contribution in [0.1, 0.15) is 28.4 Å². The molecule has 3 aromatic rings. The maximum absolute atomic E-state index is 12.9. The quantitative estimate of drug-likeness (QED) is 0.407. The highest BCUT2D eigenvalue weighted by Crippen LogP contribution is 2.22. The SMILES string of the molecule is CC(=O)Nc1ccc(NC(=O)COC(=O)c2ccc(C)c(S(=O)(=O)Nc3cccc(C)c3)c2)cc1. The summed E-state index contributed by atoms with van der Waals surface area (Å²) in [5.74, 6) is -1.63. The number of esters is 1. The second kappa shape index (κ2) is 10.8. The maximum Gasteiger partial charge on any atom is 0.338 e. The van der Waals surface area contributed by atoms with Crippen LogP contribution in [0.4, 0.5) is 17.1 Å². The van der Waals surface area contributed by atoms with Crippen LogP contribution in [0.15, 0.2) is 71.6 Å². The number of ether oxygens (including phenoxy) is 1. The maximum atomic E-state index is 12.9. The molecule has 0 radical (unpaired) electrons. The Morgan fingerprint density at radius 1 is 0.829 bits per heavy atom. The molecular formula is C25H25N3O6S. The van der Waals surface area contributed by atoms with Crippen LogP contribution in [0.2, 0.25) is 0 Å². The number of amides is 2. The third kappa shape index (κ3) is 7.15. The van der Waals surface area contributed by atoms with E-state index in [9.17, 15) is 22.8 Å². The Kier molecular flexibility index (Phi) is 7.87. The lowest BCUT2D eigenvalue weighted by atomic mass is 10.1. The van der Waals surface area contributed by atoms with Gasteiger partial charge in [0.15, 0.2) is 6.61 Å². The molecule has 0 aliphatic carbocycles. The number of hydrogen-bond acceptors (Lipinski definition) is 6. The number of rotatable bonds is 8. The van der Waals surface area contributed by atoms with Crippen molar-refractivity contribution in [1.29, 1.82) is 0 Å². The van der Waals surface area contributed by atoms with Crippen LogP contribution < -0.4 is 15.4 Å². The van der Waals surface area contributed by atoms with Crippen molar-refractivity contribution in [2.24, 2.45) is 0 Å². The highest BCUT2D eigenvalue weighted by atomic mass is 32.2. The molecule has 9 nitrogen and oxygen atoms in total. The summed E-state index contributed by atoms with van der Waals surface area (Å²) < 4.78 is 33.4. The first kappa shape index (κ1) is 25.4. The standard InChI is InChI=1S/C25H25N3O6S/c1-16-5-4-6-22(13-16)28-35(32,33)23-14-19(8-7-17(23)2)25(31)34-15-24(30)27-21-11-9-20(10-12-21)26-18(3)29/h4-14,28H,15H2,1-3H3,(H,26,29)(H,27,30). The summed E-state index contributed by atoms with van der Waals surface area (Å²) in [5.41, 5.74) is 2.75. The second-order valence-electron chi connectivity index (χ2n) is 7.84. The van der Waals surface area contributed by atoms with E-state index in [1.807, 2.05) is 13.0 Å². The molecule has 0 aliphatic rings. The van der Waals surface area contributed by atoms with Crippen LogP contribution >= 0.6 is 0 Å². The summed E-state index contributed by atoms with van der Waals surface area (Å²) in [6.45, 7) is 4.28. The Bertz CT molecular complexity index is 1370. The summed E-state index contributed by atoms with van der Waals surface area (Å²) in [6.07, 6.45) is 0. The van der Waals surface area contributed by atoms with Gasteiger partial charge in [0, 0.05) is 24.0 Å². The molecule has 0 atom stereocenters. The summed E-state index contributed by atoms with van der Waals surface area (Å²) in [4.78, 5) is 35.6. The van der Waals surface area contributed by atoms with Gasteiger partial charge in [0.2, 0.25) is 5.91 Å². The molecule has 0 aromatic heterocycles. The molecule has 0 bridgehead atoms. The molecular weight excluding hydrogens is 470 g/mol. The summed E-state index contributed by atoms with van der Waals surface area (Å²) >= 11 is 0. The second-order valence-corrected chi connectivity index (χ2v) is 9.49. The van der Waals surface area contributed by atoms with Gasteiger partial charge in [-0.15, -0.1) is 0 Å². The van der Waals surface area contributed by atoms with Gasteiger partial charge in [-0.05, 0) is 73.5 Å². The molecule has 0 fully saturated rings. The fraction of sp³-hybridized carbons (Fsp3) is 0.160. The van der Waals surface area contributed by atoms with E-state index < -0.39 is 28.5 Å². The van der Waals surface area contributed by atoms with Gasteiger partial charge in [-0.25, -0.2) is 13.2 Å². The van der Waals surface area contributed by atoms with Crippen LogP contribution in [-0.2, 0) is 24.3 Å². The Labute approximate surface area is 203 Å². The van der Waals surface area contributed by atoms with Gasteiger partial charge in [0.1, 0.15) is 0 Å². The predicted molar refractivity (Wildman–Crippen MR) is 133 cm³/mol. The van der Waals surface area contributed by atoms with E-state index in [-0.39, 0.29) is 16.4 Å². The fourth-order valence-corrected chi connectivity index (χ4v) is 4.51. The molecule has 35 heavy (non-hydrogen) atoms. The molecule has 0 saturated carbocycles. The van der Waals surface area contributed by atoms with Crippen LogP contribution in [0.25, 0.3) is 0 Å². The molecule has 3 aromatic carbocycles. The molecule has 3 N–H and O–H groups in total. The zero-order chi connectivity index (χ0) is 25.6. The van der Waals surface area contributed by atoms with Gasteiger partial charge < -0.3 is 15.4 Å². The molecule has 0 aliphatic heterocycles. The van der Waals surface area contributed by atoms with Crippen molar-refractivity contribution >= 4 is 44.9 Å². The normalized spacial score (nSPS) is 10.8. The minimum atomic E-state index is -3.96. The predicted octanol–water partition coefficient (Wildman–Crippen LogP) is 3.86. The first-order valence-electron chi connectivity index (χ1n) is 10.6. The number of sulfonamides is 1. The minimum absolute atomic E-state index is 0.00678. The minimum Gasteiger partial charge on any atom is -0.452 e. The summed E-state index contributed by atoms with van der Waals surface area (Å²) in [5, 5.41) is 5.18.